The summed E-state index contributed by atoms with van der Waals surface area (Å²) in [7, 11) is 3.51. The normalized spacial score (nSPS) is 17.7. The molecule has 3 rings (SSSR count). The molecule has 1 aromatic carbocycles. The Morgan fingerprint density at radius 3 is 2.82 bits per heavy atom. The summed E-state index contributed by atoms with van der Waals surface area (Å²) in [5.41, 5.74) is 1.32. The number of nitrogens with one attached hydrogen (secondary N) is 2. The third-order valence-corrected chi connectivity index (χ3v) is 5.34. The van der Waals surface area contributed by atoms with Crippen LogP contribution in [0.2, 0.25) is 0 Å². The zero-order valence-electron chi connectivity index (χ0n) is 17.4. The van der Waals surface area contributed by atoms with Crippen molar-refractivity contribution in [1.29, 1.82) is 0 Å². The first kappa shape index (κ1) is 20.2. The lowest BCUT2D eigenvalue weighted by molar-refractivity contribution is 0.392. The van der Waals surface area contributed by atoms with E-state index in [-0.39, 0.29) is 0 Å². The fourth-order valence-electron chi connectivity index (χ4n) is 3.52. The fraction of sp³-hybridized carbons (Fsp3) is 0.571. The first-order valence-electron chi connectivity index (χ1n) is 10.2. The van der Waals surface area contributed by atoms with Crippen LogP contribution in [0.15, 0.2) is 29.3 Å². The molecule has 2 heterocycles. The number of aliphatic imine (C=N–C) groups is 1. The lowest BCUT2D eigenvalue weighted by Crippen LogP contribution is -2.47. The number of methoxy groups -OCH3 is 1. The van der Waals surface area contributed by atoms with Crippen LogP contribution in [0.1, 0.15) is 49.8 Å². The topological polar surface area (TPSA) is 76.4 Å². The first-order valence-corrected chi connectivity index (χ1v) is 10.2. The Kier molecular flexibility index (Phi) is 6.90. The molecule has 0 saturated heterocycles. The number of aryl methyl sites for hydroxylation is 2. The zero-order chi connectivity index (χ0) is 19.9. The van der Waals surface area contributed by atoms with Crippen LogP contribution in [0, 0.1) is 0 Å². The molecule has 0 saturated carbocycles. The van der Waals surface area contributed by atoms with Crippen LogP contribution < -0.4 is 15.4 Å². The molecular formula is C21H32N6O. The minimum absolute atomic E-state index is 0.323. The number of aromatic nitrogens is 3. The highest BCUT2D eigenvalue weighted by Crippen LogP contribution is 2.21. The van der Waals surface area contributed by atoms with Crippen molar-refractivity contribution in [2.45, 2.75) is 58.0 Å². The van der Waals surface area contributed by atoms with Crippen LogP contribution >= 0.6 is 0 Å². The Bertz CT molecular complexity index is 783. The van der Waals surface area contributed by atoms with Crippen LogP contribution in [0.5, 0.6) is 5.75 Å². The quantitative estimate of drug-likeness (QED) is 0.567. The summed E-state index contributed by atoms with van der Waals surface area (Å²) in [6.07, 6.45) is 3.92. The standard InChI is InChI=1S/C21H32N6O/c1-5-19-25-20-11-8-17(14-27(20)26-19)24-21(22-3)23-13-12-15(2)16-6-9-18(28-4)10-7-16/h6-7,9-10,15,17H,5,8,11-14H2,1-4H3,(H2,22,23,24). The van der Waals surface area contributed by atoms with Gasteiger partial charge < -0.3 is 15.4 Å². The fourth-order valence-corrected chi connectivity index (χ4v) is 3.52. The number of ether oxygens (including phenoxy) is 1. The summed E-state index contributed by atoms with van der Waals surface area (Å²) < 4.78 is 7.27. The number of benzene rings is 1. The molecule has 0 bridgehead atoms. The first-order chi connectivity index (χ1) is 13.6. The Hall–Kier alpha value is -2.57. The smallest absolute Gasteiger partial charge is 0.191 e. The van der Waals surface area contributed by atoms with Crippen molar-refractivity contribution in [2.24, 2.45) is 4.99 Å². The van der Waals surface area contributed by atoms with Gasteiger partial charge in [0.15, 0.2) is 11.8 Å². The lowest BCUT2D eigenvalue weighted by atomic mass is 9.98. The minimum Gasteiger partial charge on any atom is -0.497 e. The number of fused-ring (bicyclic) bond motifs is 1. The second kappa shape index (κ2) is 9.57. The average molecular weight is 385 g/mol. The summed E-state index contributed by atoms with van der Waals surface area (Å²) in [6, 6.07) is 8.64. The van der Waals surface area contributed by atoms with Crippen molar-refractivity contribution in [1.82, 2.24) is 25.4 Å². The molecule has 0 radical (unpaired) electrons. The van der Waals surface area contributed by atoms with Gasteiger partial charge in [-0.1, -0.05) is 26.0 Å². The van der Waals surface area contributed by atoms with E-state index in [0.29, 0.717) is 12.0 Å². The van der Waals surface area contributed by atoms with Crippen molar-refractivity contribution in [3.8, 4) is 5.75 Å². The molecule has 0 amide bonds. The van der Waals surface area contributed by atoms with E-state index < -0.39 is 0 Å². The van der Waals surface area contributed by atoms with E-state index in [1.54, 1.807) is 7.11 Å². The molecule has 7 nitrogen and oxygen atoms in total. The van der Waals surface area contributed by atoms with Gasteiger partial charge in [0.2, 0.25) is 0 Å². The van der Waals surface area contributed by atoms with Gasteiger partial charge in [0, 0.05) is 32.5 Å². The van der Waals surface area contributed by atoms with E-state index in [0.717, 1.165) is 62.1 Å². The summed E-state index contributed by atoms with van der Waals surface area (Å²) >= 11 is 0. The maximum atomic E-state index is 5.23. The Morgan fingerprint density at radius 2 is 2.14 bits per heavy atom. The molecule has 0 spiro atoms. The molecule has 1 aliphatic heterocycles. The van der Waals surface area contributed by atoms with Crippen LogP contribution in [-0.4, -0.2) is 47.5 Å². The van der Waals surface area contributed by atoms with Gasteiger partial charge >= 0.3 is 0 Å². The van der Waals surface area contributed by atoms with Gasteiger partial charge in [-0.2, -0.15) is 5.10 Å². The Morgan fingerprint density at radius 1 is 1.36 bits per heavy atom. The van der Waals surface area contributed by atoms with Crippen LogP contribution in [0.4, 0.5) is 0 Å². The SMILES string of the molecule is CCc1nc2n(n1)CC(NC(=NC)NCCC(C)c1ccc(OC)cc1)CC2. The molecule has 2 unspecified atom stereocenters. The Labute approximate surface area is 167 Å². The van der Waals surface area contributed by atoms with E-state index >= 15 is 0 Å². The van der Waals surface area contributed by atoms with Crippen molar-refractivity contribution in [2.75, 3.05) is 20.7 Å². The highest BCUT2D eigenvalue weighted by atomic mass is 16.5. The van der Waals surface area contributed by atoms with Crippen molar-refractivity contribution in [3.05, 3.63) is 41.5 Å². The number of guanidine groups is 1. The molecule has 2 atom stereocenters. The van der Waals surface area contributed by atoms with Gasteiger partial charge in [0.25, 0.3) is 0 Å². The zero-order valence-corrected chi connectivity index (χ0v) is 17.4. The summed E-state index contributed by atoms with van der Waals surface area (Å²) in [5.74, 6) is 4.26. The molecule has 0 aliphatic carbocycles. The van der Waals surface area contributed by atoms with E-state index in [4.69, 9.17) is 4.74 Å². The monoisotopic (exact) mass is 384 g/mol. The molecule has 7 heteroatoms. The van der Waals surface area contributed by atoms with Crippen LogP contribution in [0.25, 0.3) is 0 Å². The van der Waals surface area contributed by atoms with Gasteiger partial charge in [-0.15, -0.1) is 0 Å². The highest BCUT2D eigenvalue weighted by molar-refractivity contribution is 5.79. The maximum absolute atomic E-state index is 5.23. The third-order valence-electron chi connectivity index (χ3n) is 5.34. The highest BCUT2D eigenvalue weighted by Gasteiger charge is 2.22. The van der Waals surface area contributed by atoms with Gasteiger partial charge in [0.05, 0.1) is 13.7 Å². The molecule has 2 N–H and O–H groups in total. The van der Waals surface area contributed by atoms with Gasteiger partial charge in [-0.25, -0.2) is 9.67 Å². The second-order valence-corrected chi connectivity index (χ2v) is 7.32. The third kappa shape index (κ3) is 5.03. The van der Waals surface area contributed by atoms with Crippen LogP contribution in [-0.2, 0) is 19.4 Å². The molecule has 1 aliphatic rings. The summed E-state index contributed by atoms with van der Waals surface area (Å²) in [4.78, 5) is 8.97. The predicted molar refractivity (Wildman–Crippen MR) is 112 cm³/mol. The summed E-state index contributed by atoms with van der Waals surface area (Å²) in [6.45, 7) is 6.05. The van der Waals surface area contributed by atoms with E-state index in [9.17, 15) is 0 Å². The Balaban J connectivity index is 1.45. The predicted octanol–water partition coefficient (Wildman–Crippen LogP) is 2.52. The van der Waals surface area contributed by atoms with E-state index in [1.807, 2.05) is 23.9 Å². The largest absolute Gasteiger partial charge is 0.497 e. The molecule has 1 aromatic heterocycles. The van der Waals surface area contributed by atoms with Gasteiger partial charge in [0.1, 0.15) is 11.6 Å². The van der Waals surface area contributed by atoms with Gasteiger partial charge in [-0.05, 0) is 36.5 Å². The van der Waals surface area contributed by atoms with Crippen molar-refractivity contribution < 1.29 is 4.74 Å². The van der Waals surface area contributed by atoms with E-state index in [1.165, 1.54) is 5.56 Å². The minimum atomic E-state index is 0.323. The summed E-state index contributed by atoms with van der Waals surface area (Å²) in [5, 5.41) is 11.6. The number of hydrogen-bond acceptors (Lipinski definition) is 4. The molecule has 152 valence electrons. The number of hydrogen-bond donors (Lipinski definition) is 2. The number of nitrogens with zero attached hydrogens (tertiary/aromatic N) is 4. The van der Waals surface area contributed by atoms with Gasteiger partial charge in [-0.3, -0.25) is 4.99 Å². The molecule has 2 aromatic rings. The van der Waals surface area contributed by atoms with Crippen LogP contribution in [0.3, 0.4) is 0 Å². The van der Waals surface area contributed by atoms with Crippen molar-refractivity contribution >= 4 is 5.96 Å². The molecule has 0 fully saturated rings. The number of rotatable bonds is 7. The molecular weight excluding hydrogens is 352 g/mol. The average Bonchev–Trinajstić information content (AvgIpc) is 3.15. The molecule has 28 heavy (non-hydrogen) atoms. The second-order valence-electron chi connectivity index (χ2n) is 7.32. The van der Waals surface area contributed by atoms with E-state index in [2.05, 4.69) is 51.7 Å². The van der Waals surface area contributed by atoms with Crippen molar-refractivity contribution in [3.63, 3.8) is 0 Å². The maximum Gasteiger partial charge on any atom is 0.191 e. The lowest BCUT2D eigenvalue weighted by Gasteiger charge is -2.25.